The first-order chi connectivity index (χ1) is 11.7. The Balaban J connectivity index is 0.00000312. The van der Waals surface area contributed by atoms with Crippen LogP contribution in [0.1, 0.15) is 45.1 Å². The van der Waals surface area contributed by atoms with E-state index >= 15 is 0 Å². The molecule has 2 rings (SSSR count). The Labute approximate surface area is 168 Å². The largest absolute Gasteiger partial charge is 0.357 e. The van der Waals surface area contributed by atoms with Gasteiger partial charge in [0, 0.05) is 32.0 Å². The molecule has 25 heavy (non-hydrogen) atoms. The van der Waals surface area contributed by atoms with Gasteiger partial charge in [0.15, 0.2) is 5.96 Å². The molecule has 0 unspecified atom stereocenters. The quantitative estimate of drug-likeness (QED) is 0.255. The Morgan fingerprint density at radius 2 is 1.72 bits per heavy atom. The van der Waals surface area contributed by atoms with Crippen molar-refractivity contribution >= 4 is 35.8 Å². The van der Waals surface area contributed by atoms with E-state index in [2.05, 4.69) is 53.2 Å². The maximum Gasteiger partial charge on any atom is 0.216 e. The van der Waals surface area contributed by atoms with Crippen molar-refractivity contribution in [3.8, 4) is 0 Å². The minimum absolute atomic E-state index is 0. The van der Waals surface area contributed by atoms with Crippen molar-refractivity contribution in [3.05, 3.63) is 35.9 Å². The smallest absolute Gasteiger partial charge is 0.216 e. The van der Waals surface area contributed by atoms with Crippen molar-refractivity contribution in [1.82, 2.24) is 16.0 Å². The van der Waals surface area contributed by atoms with Gasteiger partial charge in [-0.25, -0.2) is 0 Å². The van der Waals surface area contributed by atoms with Gasteiger partial charge in [-0.2, -0.15) is 0 Å². The molecular weight excluding hydrogens is 427 g/mol. The summed E-state index contributed by atoms with van der Waals surface area (Å²) in [4.78, 5) is 15.8. The SMILES string of the molecule is CCNC(=NCC1(c2ccccc2)CCCC1)NCCNC(C)=O.I. The lowest BCUT2D eigenvalue weighted by Crippen LogP contribution is -2.42. The second-order valence-corrected chi connectivity index (χ2v) is 6.46. The number of nitrogens with one attached hydrogen (secondary N) is 3. The monoisotopic (exact) mass is 458 g/mol. The van der Waals surface area contributed by atoms with Gasteiger partial charge in [0.05, 0.1) is 6.54 Å². The summed E-state index contributed by atoms with van der Waals surface area (Å²) in [6, 6.07) is 10.8. The van der Waals surface area contributed by atoms with Gasteiger partial charge in [0.2, 0.25) is 5.91 Å². The lowest BCUT2D eigenvalue weighted by Gasteiger charge is -2.28. The standard InChI is InChI=1S/C19H30N4O.HI/c1-3-20-18(22-14-13-21-16(2)24)23-15-19(11-7-8-12-19)17-9-5-4-6-10-17;/h4-6,9-10H,3,7-8,11-15H2,1-2H3,(H,21,24)(H2,20,22,23);1H. The summed E-state index contributed by atoms with van der Waals surface area (Å²) in [7, 11) is 0. The third-order valence-electron chi connectivity index (χ3n) is 4.62. The van der Waals surface area contributed by atoms with Crippen molar-refractivity contribution in [1.29, 1.82) is 0 Å². The Bertz CT molecular complexity index is 542. The average Bonchev–Trinajstić information content (AvgIpc) is 3.07. The maximum absolute atomic E-state index is 10.9. The molecule has 1 saturated carbocycles. The second kappa shape index (κ2) is 11.3. The molecule has 3 N–H and O–H groups in total. The zero-order valence-corrected chi connectivity index (χ0v) is 17.6. The number of guanidine groups is 1. The Hall–Kier alpha value is -1.31. The molecule has 140 valence electrons. The van der Waals surface area contributed by atoms with Crippen LogP contribution in [0.3, 0.4) is 0 Å². The highest BCUT2D eigenvalue weighted by atomic mass is 127. The third kappa shape index (κ3) is 6.84. The number of nitrogens with zero attached hydrogens (tertiary/aromatic N) is 1. The van der Waals surface area contributed by atoms with Crippen LogP contribution in [0.2, 0.25) is 0 Å². The van der Waals surface area contributed by atoms with E-state index in [0.717, 1.165) is 19.0 Å². The van der Waals surface area contributed by atoms with Crippen LogP contribution in [-0.4, -0.2) is 38.0 Å². The Kier molecular flexibility index (Phi) is 9.85. The van der Waals surface area contributed by atoms with Crippen LogP contribution in [0.15, 0.2) is 35.3 Å². The molecule has 0 radical (unpaired) electrons. The molecule has 1 aliphatic rings. The first-order valence-electron chi connectivity index (χ1n) is 8.98. The van der Waals surface area contributed by atoms with E-state index in [1.807, 2.05) is 0 Å². The van der Waals surface area contributed by atoms with Gasteiger partial charge in [-0.3, -0.25) is 9.79 Å². The lowest BCUT2D eigenvalue weighted by molar-refractivity contribution is -0.118. The summed E-state index contributed by atoms with van der Waals surface area (Å²) in [5, 5.41) is 9.37. The zero-order chi connectivity index (χ0) is 17.3. The van der Waals surface area contributed by atoms with E-state index in [0.29, 0.717) is 13.1 Å². The van der Waals surface area contributed by atoms with Crippen molar-refractivity contribution in [3.63, 3.8) is 0 Å². The predicted octanol–water partition coefficient (Wildman–Crippen LogP) is 2.81. The van der Waals surface area contributed by atoms with Crippen LogP contribution in [0.5, 0.6) is 0 Å². The average molecular weight is 458 g/mol. The number of benzene rings is 1. The van der Waals surface area contributed by atoms with E-state index in [4.69, 9.17) is 4.99 Å². The molecule has 5 nitrogen and oxygen atoms in total. The van der Waals surface area contributed by atoms with Gasteiger partial charge < -0.3 is 16.0 Å². The number of aliphatic imine (C=N–C) groups is 1. The van der Waals surface area contributed by atoms with Crippen LogP contribution in [0.25, 0.3) is 0 Å². The molecule has 0 atom stereocenters. The maximum atomic E-state index is 10.9. The van der Waals surface area contributed by atoms with Gasteiger partial charge in [-0.15, -0.1) is 24.0 Å². The minimum atomic E-state index is -0.00674. The molecule has 1 aromatic rings. The normalized spacial score (nSPS) is 16.0. The first-order valence-corrected chi connectivity index (χ1v) is 8.98. The molecule has 1 aliphatic carbocycles. The van der Waals surface area contributed by atoms with Gasteiger partial charge >= 0.3 is 0 Å². The van der Waals surface area contributed by atoms with Crippen LogP contribution in [-0.2, 0) is 10.2 Å². The summed E-state index contributed by atoms with van der Waals surface area (Å²) >= 11 is 0. The van der Waals surface area contributed by atoms with E-state index in [9.17, 15) is 4.79 Å². The van der Waals surface area contributed by atoms with Gasteiger partial charge in [-0.05, 0) is 25.3 Å². The Morgan fingerprint density at radius 3 is 2.32 bits per heavy atom. The Morgan fingerprint density at radius 1 is 1.08 bits per heavy atom. The van der Waals surface area contributed by atoms with Crippen molar-refractivity contribution in [2.24, 2.45) is 4.99 Å². The number of carbonyl (C=O) groups excluding carboxylic acids is 1. The number of rotatable bonds is 7. The zero-order valence-electron chi connectivity index (χ0n) is 15.3. The first kappa shape index (κ1) is 21.7. The molecule has 1 fully saturated rings. The van der Waals surface area contributed by atoms with Crippen molar-refractivity contribution in [2.45, 2.75) is 44.9 Å². The minimum Gasteiger partial charge on any atom is -0.357 e. The molecule has 0 spiro atoms. The van der Waals surface area contributed by atoms with Gasteiger partial charge in [-0.1, -0.05) is 43.2 Å². The third-order valence-corrected chi connectivity index (χ3v) is 4.62. The number of halogens is 1. The lowest BCUT2D eigenvalue weighted by atomic mass is 9.79. The van der Waals surface area contributed by atoms with Gasteiger partial charge in [0.1, 0.15) is 0 Å². The fourth-order valence-corrected chi connectivity index (χ4v) is 3.37. The fraction of sp³-hybridized carbons (Fsp3) is 0.579. The predicted molar refractivity (Wildman–Crippen MR) is 115 cm³/mol. The highest BCUT2D eigenvalue weighted by molar-refractivity contribution is 14.0. The van der Waals surface area contributed by atoms with Crippen LogP contribution >= 0.6 is 24.0 Å². The second-order valence-electron chi connectivity index (χ2n) is 6.46. The molecule has 0 heterocycles. The van der Waals surface area contributed by atoms with Gasteiger partial charge in [0.25, 0.3) is 0 Å². The molecule has 1 amide bonds. The highest BCUT2D eigenvalue weighted by Crippen LogP contribution is 2.41. The number of hydrogen-bond donors (Lipinski definition) is 3. The fourth-order valence-electron chi connectivity index (χ4n) is 3.37. The number of carbonyl (C=O) groups is 1. The summed E-state index contributed by atoms with van der Waals surface area (Å²) in [5.41, 5.74) is 1.57. The molecule has 0 aromatic heterocycles. The molecule has 1 aromatic carbocycles. The molecule has 0 bridgehead atoms. The van der Waals surface area contributed by atoms with E-state index in [1.165, 1.54) is 38.2 Å². The summed E-state index contributed by atoms with van der Waals surface area (Å²) in [6.07, 6.45) is 4.95. The van der Waals surface area contributed by atoms with Crippen molar-refractivity contribution in [2.75, 3.05) is 26.2 Å². The summed E-state index contributed by atoms with van der Waals surface area (Å²) in [5.74, 6) is 0.817. The molecule has 0 aliphatic heterocycles. The van der Waals surface area contributed by atoms with Crippen LogP contribution in [0, 0.1) is 0 Å². The number of hydrogen-bond acceptors (Lipinski definition) is 2. The topological polar surface area (TPSA) is 65.5 Å². The summed E-state index contributed by atoms with van der Waals surface area (Å²) < 4.78 is 0. The van der Waals surface area contributed by atoms with E-state index in [-0.39, 0.29) is 35.3 Å². The van der Waals surface area contributed by atoms with Crippen LogP contribution < -0.4 is 16.0 Å². The van der Waals surface area contributed by atoms with Crippen LogP contribution in [0.4, 0.5) is 0 Å². The highest BCUT2D eigenvalue weighted by Gasteiger charge is 2.35. The summed E-state index contributed by atoms with van der Waals surface area (Å²) in [6.45, 7) is 6.49. The van der Waals surface area contributed by atoms with Crippen molar-refractivity contribution < 1.29 is 4.79 Å². The molecule has 6 heteroatoms. The molecular formula is C19H31IN4O. The van der Waals surface area contributed by atoms with E-state index < -0.39 is 0 Å². The molecule has 0 saturated heterocycles. The van der Waals surface area contributed by atoms with E-state index in [1.54, 1.807) is 0 Å². The number of amides is 1.